The Balaban J connectivity index is 2.06. The molecule has 0 bridgehead atoms. The Hall–Kier alpha value is -3.56. The molecule has 3 aromatic carbocycles. The topological polar surface area (TPSA) is 96.0 Å². The maximum absolute atomic E-state index is 14.1. The van der Waals surface area contributed by atoms with Crippen molar-refractivity contribution >= 4 is 39.1 Å². The second-order valence-corrected chi connectivity index (χ2v) is 11.9. The molecule has 0 aliphatic rings. The fraction of sp³-hybridized carbons (Fsp3) is 0.355. The van der Waals surface area contributed by atoms with Crippen LogP contribution in [-0.4, -0.2) is 50.4 Å². The Morgan fingerprint density at radius 2 is 1.54 bits per heavy atom. The van der Waals surface area contributed by atoms with Crippen LogP contribution in [0.25, 0.3) is 0 Å². The van der Waals surface area contributed by atoms with Crippen molar-refractivity contribution < 1.29 is 22.7 Å². The fourth-order valence-electron chi connectivity index (χ4n) is 4.29. The van der Waals surface area contributed by atoms with E-state index in [-0.39, 0.29) is 23.4 Å². The Kier molecular flexibility index (Phi) is 11.6. The molecule has 8 nitrogen and oxygen atoms in total. The van der Waals surface area contributed by atoms with E-state index in [9.17, 15) is 18.0 Å². The average Bonchev–Trinajstić information content (AvgIpc) is 2.97. The minimum absolute atomic E-state index is 0.0352. The molecule has 3 rings (SSSR count). The van der Waals surface area contributed by atoms with Crippen LogP contribution in [0.1, 0.15) is 46.1 Å². The molecule has 2 amide bonds. The van der Waals surface area contributed by atoms with Crippen molar-refractivity contribution in [3.05, 3.63) is 89.4 Å². The van der Waals surface area contributed by atoms with Crippen molar-refractivity contribution in [2.45, 2.75) is 64.1 Å². The highest BCUT2D eigenvalue weighted by molar-refractivity contribution is 7.92. The van der Waals surface area contributed by atoms with Crippen LogP contribution in [0.15, 0.2) is 83.8 Å². The predicted octanol–water partition coefficient (Wildman–Crippen LogP) is 5.66. The van der Waals surface area contributed by atoms with Gasteiger partial charge < -0.3 is 15.0 Å². The van der Waals surface area contributed by atoms with E-state index in [1.807, 2.05) is 27.7 Å². The number of ether oxygens (including phenoxy) is 1. The molecular formula is C31H38ClN3O5S. The summed E-state index contributed by atoms with van der Waals surface area (Å²) in [6, 6.07) is 20.6. The van der Waals surface area contributed by atoms with Crippen molar-refractivity contribution in [1.82, 2.24) is 10.2 Å². The maximum Gasteiger partial charge on any atom is 0.264 e. The summed E-state index contributed by atoms with van der Waals surface area (Å²) >= 11 is 6.45. The van der Waals surface area contributed by atoms with E-state index >= 15 is 0 Å². The minimum atomic E-state index is -4.15. The Morgan fingerprint density at radius 1 is 0.902 bits per heavy atom. The van der Waals surface area contributed by atoms with Gasteiger partial charge in [-0.25, -0.2) is 8.42 Å². The quantitative estimate of drug-likeness (QED) is 0.258. The Morgan fingerprint density at radius 3 is 2.12 bits per heavy atom. The summed E-state index contributed by atoms with van der Waals surface area (Å²) in [5, 5.41) is 3.41. The predicted molar refractivity (Wildman–Crippen MR) is 163 cm³/mol. The van der Waals surface area contributed by atoms with Crippen LogP contribution in [0.2, 0.25) is 5.02 Å². The third-order valence-electron chi connectivity index (χ3n) is 6.73. The first-order valence-corrected chi connectivity index (χ1v) is 15.6. The lowest BCUT2D eigenvalue weighted by Crippen LogP contribution is -2.53. The summed E-state index contributed by atoms with van der Waals surface area (Å²) in [5.41, 5.74) is 0.941. The monoisotopic (exact) mass is 599 g/mol. The molecule has 0 fully saturated rings. The van der Waals surface area contributed by atoms with Gasteiger partial charge in [0.25, 0.3) is 10.0 Å². The van der Waals surface area contributed by atoms with Gasteiger partial charge in [-0.15, -0.1) is 0 Å². The molecule has 0 saturated heterocycles. The molecule has 0 unspecified atom stereocenters. The molecule has 220 valence electrons. The summed E-state index contributed by atoms with van der Waals surface area (Å²) in [7, 11) is -4.15. The number of halogens is 1. The van der Waals surface area contributed by atoms with Gasteiger partial charge in [-0.1, -0.05) is 61.8 Å². The second kappa shape index (κ2) is 14.9. The van der Waals surface area contributed by atoms with Gasteiger partial charge in [0, 0.05) is 17.6 Å². The number of hydrogen-bond donors (Lipinski definition) is 1. The molecule has 41 heavy (non-hydrogen) atoms. The number of rotatable bonds is 14. The number of carbonyl (C=O) groups is 2. The zero-order chi connectivity index (χ0) is 30.0. The molecule has 2 atom stereocenters. The lowest BCUT2D eigenvalue weighted by Gasteiger charge is -2.34. The zero-order valence-corrected chi connectivity index (χ0v) is 25.5. The molecule has 0 aromatic heterocycles. The summed E-state index contributed by atoms with van der Waals surface area (Å²) in [6.07, 6.45) is 1.05. The van der Waals surface area contributed by atoms with Crippen molar-refractivity contribution in [2.24, 2.45) is 0 Å². The molecule has 0 radical (unpaired) electrons. The Bertz CT molecular complexity index is 1400. The van der Waals surface area contributed by atoms with Gasteiger partial charge >= 0.3 is 0 Å². The number of benzene rings is 3. The highest BCUT2D eigenvalue weighted by atomic mass is 35.5. The second-order valence-electron chi connectivity index (χ2n) is 9.61. The number of sulfonamides is 1. The van der Waals surface area contributed by atoms with Crippen molar-refractivity contribution in [3.8, 4) is 5.75 Å². The van der Waals surface area contributed by atoms with E-state index in [0.717, 1.165) is 10.7 Å². The van der Waals surface area contributed by atoms with E-state index in [2.05, 4.69) is 5.32 Å². The Labute approximate surface area is 248 Å². The first-order valence-electron chi connectivity index (χ1n) is 13.8. The molecule has 0 spiro atoms. The summed E-state index contributed by atoms with van der Waals surface area (Å²) < 4.78 is 34.4. The van der Waals surface area contributed by atoms with E-state index in [0.29, 0.717) is 35.1 Å². The van der Waals surface area contributed by atoms with Crippen LogP contribution in [0, 0.1) is 0 Å². The van der Waals surface area contributed by atoms with Crippen LogP contribution in [-0.2, 0) is 26.2 Å². The molecule has 1 N–H and O–H groups in total. The van der Waals surface area contributed by atoms with Crippen molar-refractivity contribution in [2.75, 3.05) is 17.5 Å². The largest absolute Gasteiger partial charge is 0.494 e. The maximum atomic E-state index is 14.1. The van der Waals surface area contributed by atoms with E-state index in [1.54, 1.807) is 66.7 Å². The highest BCUT2D eigenvalue weighted by Crippen LogP contribution is 2.27. The number of nitrogens with one attached hydrogen (secondary N) is 1. The molecule has 0 saturated carbocycles. The molecule has 0 heterocycles. The number of amides is 2. The van der Waals surface area contributed by atoms with Gasteiger partial charge in [0.05, 0.1) is 17.2 Å². The zero-order valence-electron chi connectivity index (χ0n) is 23.9. The van der Waals surface area contributed by atoms with Crippen molar-refractivity contribution in [1.29, 1.82) is 0 Å². The lowest BCUT2D eigenvalue weighted by molar-refractivity contribution is -0.140. The molecule has 0 aliphatic carbocycles. The lowest BCUT2D eigenvalue weighted by atomic mass is 10.1. The number of anilines is 1. The number of nitrogens with zero attached hydrogens (tertiary/aromatic N) is 2. The van der Waals surface area contributed by atoms with Gasteiger partial charge in [-0.05, 0) is 74.7 Å². The average molecular weight is 600 g/mol. The number of carbonyl (C=O) groups excluding carboxylic acids is 2. The van der Waals surface area contributed by atoms with Crippen LogP contribution in [0.3, 0.4) is 0 Å². The number of hydrogen-bond acceptors (Lipinski definition) is 5. The van der Waals surface area contributed by atoms with Crippen LogP contribution < -0.4 is 14.4 Å². The van der Waals surface area contributed by atoms with Gasteiger partial charge in [0.15, 0.2) is 0 Å². The summed E-state index contributed by atoms with van der Waals surface area (Å²) in [5.74, 6) is -0.266. The van der Waals surface area contributed by atoms with E-state index < -0.39 is 28.5 Å². The third-order valence-corrected chi connectivity index (χ3v) is 8.89. The van der Waals surface area contributed by atoms with E-state index in [1.165, 1.54) is 17.0 Å². The van der Waals surface area contributed by atoms with E-state index in [4.69, 9.17) is 16.3 Å². The normalized spacial score (nSPS) is 12.7. The van der Waals surface area contributed by atoms with Gasteiger partial charge in [0.2, 0.25) is 11.8 Å². The summed E-state index contributed by atoms with van der Waals surface area (Å²) in [4.78, 5) is 28.9. The van der Waals surface area contributed by atoms with Crippen LogP contribution in [0.5, 0.6) is 5.75 Å². The molecular weight excluding hydrogens is 562 g/mol. The third kappa shape index (κ3) is 8.24. The highest BCUT2D eigenvalue weighted by Gasteiger charge is 2.34. The standard InChI is InChI=1S/C31H38ClN3O5S/c1-5-23(4)33-31(37)29(6-2)34(21-24-13-11-12-16-28(24)32)30(36)22-35(25-17-19-26(20-18-25)40-7-3)41(38,39)27-14-9-8-10-15-27/h8-20,23,29H,5-7,21-22H2,1-4H3,(H,33,37)/t23-,29+/m1/s1. The van der Waals surface area contributed by atoms with Gasteiger partial charge in [0.1, 0.15) is 18.3 Å². The molecule has 10 heteroatoms. The molecule has 3 aromatic rings. The van der Waals surface area contributed by atoms with Gasteiger partial charge in [-0.3, -0.25) is 13.9 Å². The first-order chi connectivity index (χ1) is 19.6. The van der Waals surface area contributed by atoms with Crippen LogP contribution in [0.4, 0.5) is 5.69 Å². The van der Waals surface area contributed by atoms with Gasteiger partial charge in [-0.2, -0.15) is 0 Å². The fourth-order valence-corrected chi connectivity index (χ4v) is 5.93. The minimum Gasteiger partial charge on any atom is -0.494 e. The summed E-state index contributed by atoms with van der Waals surface area (Å²) in [6.45, 7) is 7.49. The first kappa shape index (κ1) is 32.0. The molecule has 0 aliphatic heterocycles. The smallest absolute Gasteiger partial charge is 0.264 e. The SMILES string of the molecule is CCOc1ccc(N(CC(=O)N(Cc2ccccc2Cl)[C@@H](CC)C(=O)N[C@H](C)CC)S(=O)(=O)c2ccccc2)cc1. The van der Waals surface area contributed by atoms with Crippen LogP contribution >= 0.6 is 11.6 Å². The van der Waals surface area contributed by atoms with Crippen molar-refractivity contribution in [3.63, 3.8) is 0 Å².